The molecule has 6 nitrogen and oxygen atoms in total. The van der Waals surface area contributed by atoms with Crippen LogP contribution in [0.5, 0.6) is 5.75 Å². The topological polar surface area (TPSA) is 76.1 Å². The van der Waals surface area contributed by atoms with Gasteiger partial charge < -0.3 is 19.5 Å². The highest BCUT2D eigenvalue weighted by Crippen LogP contribution is 2.40. The predicted octanol–water partition coefficient (Wildman–Crippen LogP) is 3.63. The monoisotopic (exact) mass is 409 g/mol. The van der Waals surface area contributed by atoms with E-state index in [1.165, 1.54) is 4.90 Å². The molecule has 2 aromatic rings. The summed E-state index contributed by atoms with van der Waals surface area (Å²) >= 11 is 0. The zero-order valence-corrected chi connectivity index (χ0v) is 17.8. The second-order valence-electron chi connectivity index (χ2n) is 7.26. The SMILES string of the molecule is CCc1ccc(C2/C(=C(\O)c3ccc(OC)cc3C)C(=O)C(=O)N2CCOC)cc1. The van der Waals surface area contributed by atoms with E-state index in [1.807, 2.05) is 31.2 Å². The van der Waals surface area contributed by atoms with Gasteiger partial charge in [-0.3, -0.25) is 9.59 Å². The van der Waals surface area contributed by atoms with Crippen molar-refractivity contribution in [2.45, 2.75) is 26.3 Å². The average Bonchev–Trinajstić information content (AvgIpc) is 3.01. The Morgan fingerprint density at radius 1 is 1.10 bits per heavy atom. The van der Waals surface area contributed by atoms with Crippen LogP contribution in [0.15, 0.2) is 48.0 Å². The van der Waals surface area contributed by atoms with Crippen molar-refractivity contribution in [3.8, 4) is 5.75 Å². The van der Waals surface area contributed by atoms with Crippen molar-refractivity contribution in [3.05, 3.63) is 70.3 Å². The number of ether oxygens (including phenoxy) is 2. The molecule has 1 atom stereocenters. The number of aliphatic hydroxyl groups is 1. The number of hydrogen-bond donors (Lipinski definition) is 1. The lowest BCUT2D eigenvalue weighted by Crippen LogP contribution is -2.32. The number of methoxy groups -OCH3 is 2. The Labute approximate surface area is 176 Å². The number of carbonyl (C=O) groups is 2. The van der Waals surface area contributed by atoms with Gasteiger partial charge in [-0.2, -0.15) is 0 Å². The Balaban J connectivity index is 2.16. The summed E-state index contributed by atoms with van der Waals surface area (Å²) in [5, 5.41) is 11.1. The molecule has 1 N–H and O–H groups in total. The Hall–Kier alpha value is -3.12. The summed E-state index contributed by atoms with van der Waals surface area (Å²) in [5.41, 5.74) is 3.26. The third-order valence-electron chi connectivity index (χ3n) is 5.47. The summed E-state index contributed by atoms with van der Waals surface area (Å²) in [4.78, 5) is 27.2. The highest BCUT2D eigenvalue weighted by Gasteiger charge is 2.45. The molecule has 158 valence electrons. The maximum absolute atomic E-state index is 13.0. The number of aryl methyl sites for hydroxylation is 2. The second-order valence-corrected chi connectivity index (χ2v) is 7.26. The minimum absolute atomic E-state index is 0.0913. The first-order chi connectivity index (χ1) is 14.4. The molecule has 0 saturated carbocycles. The quantitative estimate of drug-likeness (QED) is 0.429. The number of carbonyl (C=O) groups excluding carboxylic acids is 2. The molecular weight excluding hydrogens is 382 g/mol. The van der Waals surface area contributed by atoms with Crippen LogP contribution < -0.4 is 4.74 Å². The Kier molecular flexibility index (Phi) is 6.57. The van der Waals surface area contributed by atoms with E-state index >= 15 is 0 Å². The van der Waals surface area contributed by atoms with Gasteiger partial charge in [-0.1, -0.05) is 31.2 Å². The van der Waals surface area contributed by atoms with Crippen molar-refractivity contribution in [2.24, 2.45) is 0 Å². The van der Waals surface area contributed by atoms with Gasteiger partial charge in [0.15, 0.2) is 0 Å². The van der Waals surface area contributed by atoms with Gasteiger partial charge in [0.05, 0.1) is 25.3 Å². The first-order valence-corrected chi connectivity index (χ1v) is 9.94. The van der Waals surface area contributed by atoms with Crippen LogP contribution in [-0.4, -0.2) is 49.1 Å². The van der Waals surface area contributed by atoms with E-state index in [1.54, 1.807) is 32.4 Å². The summed E-state index contributed by atoms with van der Waals surface area (Å²) < 4.78 is 10.4. The summed E-state index contributed by atoms with van der Waals surface area (Å²) in [6.45, 7) is 4.42. The number of rotatable bonds is 7. The number of Topliss-reactive ketones (excluding diaryl/α,β-unsaturated/α-hetero) is 1. The number of ketones is 1. The number of amides is 1. The molecule has 1 unspecified atom stereocenters. The lowest BCUT2D eigenvalue weighted by Gasteiger charge is -2.25. The van der Waals surface area contributed by atoms with E-state index in [2.05, 4.69) is 6.92 Å². The van der Waals surface area contributed by atoms with Gasteiger partial charge in [0.25, 0.3) is 11.7 Å². The van der Waals surface area contributed by atoms with E-state index in [-0.39, 0.29) is 24.5 Å². The zero-order valence-electron chi connectivity index (χ0n) is 17.8. The molecule has 0 spiro atoms. The first kappa shape index (κ1) is 21.6. The van der Waals surface area contributed by atoms with Crippen LogP contribution in [0.3, 0.4) is 0 Å². The van der Waals surface area contributed by atoms with Crippen LogP contribution in [-0.2, 0) is 20.7 Å². The smallest absolute Gasteiger partial charge is 0.295 e. The van der Waals surface area contributed by atoms with Crippen LogP contribution in [0, 0.1) is 6.92 Å². The fourth-order valence-corrected chi connectivity index (χ4v) is 3.76. The van der Waals surface area contributed by atoms with Crippen molar-refractivity contribution in [2.75, 3.05) is 27.4 Å². The highest BCUT2D eigenvalue weighted by molar-refractivity contribution is 6.46. The molecular formula is C24H27NO5. The summed E-state index contributed by atoms with van der Waals surface area (Å²) in [7, 11) is 3.11. The number of likely N-dealkylation sites (tertiary alicyclic amines) is 1. The van der Waals surface area contributed by atoms with Gasteiger partial charge in [-0.05, 0) is 48.2 Å². The molecule has 1 fully saturated rings. The summed E-state index contributed by atoms with van der Waals surface area (Å²) in [6.07, 6.45) is 0.884. The summed E-state index contributed by atoms with van der Waals surface area (Å²) in [5.74, 6) is -0.859. The molecule has 0 aromatic heterocycles. The predicted molar refractivity (Wildman–Crippen MR) is 114 cm³/mol. The average molecular weight is 409 g/mol. The molecule has 1 aliphatic rings. The fraction of sp³-hybridized carbons (Fsp3) is 0.333. The van der Waals surface area contributed by atoms with Crippen molar-refractivity contribution < 1.29 is 24.2 Å². The molecule has 0 bridgehead atoms. The third kappa shape index (κ3) is 3.96. The van der Waals surface area contributed by atoms with Crippen LogP contribution in [0.2, 0.25) is 0 Å². The molecule has 30 heavy (non-hydrogen) atoms. The Morgan fingerprint density at radius 2 is 1.80 bits per heavy atom. The molecule has 0 radical (unpaired) electrons. The minimum atomic E-state index is -0.691. The van der Waals surface area contributed by atoms with Gasteiger partial charge >= 0.3 is 0 Å². The number of aliphatic hydroxyl groups excluding tert-OH is 1. The lowest BCUT2D eigenvalue weighted by atomic mass is 9.93. The van der Waals surface area contributed by atoms with Gasteiger partial charge in [0.2, 0.25) is 0 Å². The maximum atomic E-state index is 13.0. The molecule has 6 heteroatoms. The molecule has 3 rings (SSSR count). The Bertz CT molecular complexity index is 978. The second kappa shape index (κ2) is 9.13. The van der Waals surface area contributed by atoms with Gasteiger partial charge in [0.1, 0.15) is 11.5 Å². The number of benzene rings is 2. The first-order valence-electron chi connectivity index (χ1n) is 9.94. The maximum Gasteiger partial charge on any atom is 0.295 e. The van der Waals surface area contributed by atoms with E-state index < -0.39 is 17.7 Å². The van der Waals surface area contributed by atoms with E-state index in [4.69, 9.17) is 9.47 Å². The molecule has 1 amide bonds. The van der Waals surface area contributed by atoms with Gasteiger partial charge in [-0.25, -0.2) is 0 Å². The van der Waals surface area contributed by atoms with E-state index in [9.17, 15) is 14.7 Å². The van der Waals surface area contributed by atoms with Crippen molar-refractivity contribution >= 4 is 17.4 Å². The van der Waals surface area contributed by atoms with Crippen molar-refractivity contribution in [1.82, 2.24) is 4.90 Å². The van der Waals surface area contributed by atoms with Crippen molar-refractivity contribution in [3.63, 3.8) is 0 Å². The fourth-order valence-electron chi connectivity index (χ4n) is 3.76. The van der Waals surface area contributed by atoms with Crippen LogP contribution in [0.25, 0.3) is 5.76 Å². The Morgan fingerprint density at radius 3 is 2.37 bits per heavy atom. The number of nitrogens with zero attached hydrogens (tertiary/aromatic N) is 1. The normalized spacial score (nSPS) is 18.1. The van der Waals surface area contributed by atoms with Crippen LogP contribution in [0.1, 0.15) is 35.2 Å². The summed E-state index contributed by atoms with van der Waals surface area (Å²) in [6, 6.07) is 12.3. The zero-order chi connectivity index (χ0) is 21.8. The van der Waals surface area contributed by atoms with Crippen LogP contribution >= 0.6 is 0 Å². The third-order valence-corrected chi connectivity index (χ3v) is 5.47. The molecule has 1 heterocycles. The largest absolute Gasteiger partial charge is 0.507 e. The standard InChI is InChI=1S/C24H27NO5/c1-5-16-6-8-17(9-7-16)21-20(23(27)24(28)25(21)12-13-29-3)22(26)19-11-10-18(30-4)14-15(19)2/h6-11,14,21,26H,5,12-13H2,1-4H3/b22-20+. The van der Waals surface area contributed by atoms with Gasteiger partial charge in [0, 0.05) is 19.2 Å². The highest BCUT2D eigenvalue weighted by atomic mass is 16.5. The van der Waals surface area contributed by atoms with Crippen LogP contribution in [0.4, 0.5) is 0 Å². The van der Waals surface area contributed by atoms with E-state index in [0.29, 0.717) is 11.3 Å². The van der Waals surface area contributed by atoms with Gasteiger partial charge in [-0.15, -0.1) is 0 Å². The lowest BCUT2D eigenvalue weighted by molar-refractivity contribution is -0.140. The number of hydrogen-bond acceptors (Lipinski definition) is 5. The minimum Gasteiger partial charge on any atom is -0.507 e. The van der Waals surface area contributed by atoms with E-state index in [0.717, 1.165) is 23.1 Å². The van der Waals surface area contributed by atoms with Crippen molar-refractivity contribution in [1.29, 1.82) is 0 Å². The molecule has 0 aliphatic carbocycles. The molecule has 2 aromatic carbocycles. The molecule has 1 aliphatic heterocycles. The molecule has 1 saturated heterocycles.